The van der Waals surface area contributed by atoms with Crippen molar-refractivity contribution in [1.82, 2.24) is 24.6 Å². The Morgan fingerprint density at radius 3 is 2.41 bits per heavy atom. The Balaban J connectivity index is 1.40. The number of fused-ring (bicyclic) bond motifs is 2. The predicted molar refractivity (Wildman–Crippen MR) is 157 cm³/mol. The van der Waals surface area contributed by atoms with E-state index in [0.717, 1.165) is 64.9 Å². The maximum atomic E-state index is 14.2. The average Bonchev–Trinajstić information content (AvgIpc) is 3.51. The zero-order valence-corrected chi connectivity index (χ0v) is 25.3. The highest BCUT2D eigenvalue weighted by molar-refractivity contribution is 6.02. The lowest BCUT2D eigenvalue weighted by atomic mass is 9.81. The Morgan fingerprint density at radius 2 is 1.78 bits per heavy atom. The number of H-pyrrole nitrogens is 1. The lowest BCUT2D eigenvalue weighted by Crippen LogP contribution is -2.46. The summed E-state index contributed by atoms with van der Waals surface area (Å²) < 4.78 is 15.4. The summed E-state index contributed by atoms with van der Waals surface area (Å²) in [7, 11) is 6.19. The summed E-state index contributed by atoms with van der Waals surface area (Å²) in [4.78, 5) is 34.0. The van der Waals surface area contributed by atoms with Crippen LogP contribution in [-0.4, -0.2) is 62.9 Å². The minimum atomic E-state index is -0.805. The molecule has 0 spiro atoms. The van der Waals surface area contributed by atoms with Crippen LogP contribution in [0.5, 0.6) is 11.5 Å². The molecule has 1 aromatic carbocycles. The van der Waals surface area contributed by atoms with Gasteiger partial charge in [0.15, 0.2) is 11.5 Å². The number of aromatic nitrogens is 3. The molecule has 218 valence electrons. The van der Waals surface area contributed by atoms with Crippen molar-refractivity contribution in [3.8, 4) is 22.6 Å². The van der Waals surface area contributed by atoms with Gasteiger partial charge in [-0.3, -0.25) is 14.3 Å². The van der Waals surface area contributed by atoms with E-state index >= 15 is 0 Å². The highest BCUT2D eigenvalue weighted by atomic mass is 16.7. The van der Waals surface area contributed by atoms with Gasteiger partial charge in [0.2, 0.25) is 0 Å². The van der Waals surface area contributed by atoms with Crippen LogP contribution < -0.4 is 15.0 Å². The number of carbonyl (C=O) groups is 1. The molecule has 3 aromatic rings. The van der Waals surface area contributed by atoms with E-state index in [4.69, 9.17) is 9.47 Å². The molecular weight excluding hydrogens is 518 g/mol. The van der Waals surface area contributed by atoms with E-state index in [-0.39, 0.29) is 23.9 Å². The molecule has 9 nitrogen and oxygen atoms in total. The zero-order chi connectivity index (χ0) is 29.2. The maximum absolute atomic E-state index is 14.2. The van der Waals surface area contributed by atoms with E-state index in [2.05, 4.69) is 36.0 Å². The number of amides is 1. The molecule has 6 rings (SSSR count). The van der Waals surface area contributed by atoms with E-state index in [0.29, 0.717) is 35.9 Å². The van der Waals surface area contributed by atoms with Crippen molar-refractivity contribution in [2.45, 2.75) is 78.2 Å². The van der Waals surface area contributed by atoms with E-state index in [1.54, 1.807) is 9.58 Å². The van der Waals surface area contributed by atoms with E-state index < -0.39 is 5.79 Å². The van der Waals surface area contributed by atoms with Gasteiger partial charge in [0.05, 0.1) is 18.3 Å². The molecule has 1 aliphatic carbocycles. The van der Waals surface area contributed by atoms with Gasteiger partial charge in [-0.15, -0.1) is 0 Å². The number of hydrogen-bond donors (Lipinski definition) is 1. The third-order valence-corrected chi connectivity index (χ3v) is 9.50. The quantitative estimate of drug-likeness (QED) is 0.495. The fourth-order valence-corrected chi connectivity index (χ4v) is 7.14. The number of benzene rings is 1. The van der Waals surface area contributed by atoms with Crippen molar-refractivity contribution in [3.05, 3.63) is 62.3 Å². The Bertz CT molecular complexity index is 1580. The largest absolute Gasteiger partial charge is 0.448 e. The molecule has 3 aliphatic rings. The summed E-state index contributed by atoms with van der Waals surface area (Å²) >= 11 is 0. The van der Waals surface area contributed by atoms with Gasteiger partial charge in [-0.2, -0.15) is 5.10 Å². The summed E-state index contributed by atoms with van der Waals surface area (Å²) in [5.74, 6) is 0.728. The standard InChI is InChI=1S/C32H41N5O4/c1-18-14-19(2)34-30(38)25(18)17-37-13-12-24-26(31(37)39)20(3)28-29(27(24)21-15-33-36(7)16-21)41-32(4,40-28)22-8-10-23(11-9-22)35(5)6/h14-16,22-23H,8-13,17H2,1-7H3,(H,34,38)/t22-,23-,32-/m0/s1. The maximum Gasteiger partial charge on any atom is 0.254 e. The van der Waals surface area contributed by atoms with Crippen LogP contribution in [0.1, 0.15) is 70.9 Å². The molecule has 1 fully saturated rings. The van der Waals surface area contributed by atoms with Crippen LogP contribution in [0.4, 0.5) is 0 Å². The first-order valence-electron chi connectivity index (χ1n) is 14.7. The molecule has 2 aliphatic heterocycles. The first-order valence-corrected chi connectivity index (χ1v) is 14.7. The number of rotatable bonds is 5. The summed E-state index contributed by atoms with van der Waals surface area (Å²) in [6, 6.07) is 2.53. The average molecular weight is 560 g/mol. The van der Waals surface area contributed by atoms with Gasteiger partial charge in [0, 0.05) is 66.6 Å². The first kappa shape index (κ1) is 27.6. The van der Waals surface area contributed by atoms with Gasteiger partial charge < -0.3 is 24.3 Å². The molecule has 41 heavy (non-hydrogen) atoms. The zero-order valence-electron chi connectivity index (χ0n) is 25.3. The molecule has 2 aromatic heterocycles. The SMILES string of the molecule is Cc1cc(C)c(CN2CCc3c(c(C)c4c(c3-c3cnn(C)c3)O[C@@](C)([C@H]3CC[C@H](N(C)C)CC3)O4)C2=O)c(=O)[nH]1. The van der Waals surface area contributed by atoms with Gasteiger partial charge in [0.1, 0.15) is 0 Å². The summed E-state index contributed by atoms with van der Waals surface area (Å²) in [5.41, 5.74) is 6.43. The molecule has 1 amide bonds. The minimum Gasteiger partial charge on any atom is -0.448 e. The molecular formula is C32H41N5O4. The number of aromatic amines is 1. The minimum absolute atomic E-state index is 0.0836. The van der Waals surface area contributed by atoms with Gasteiger partial charge in [0.25, 0.3) is 17.3 Å². The van der Waals surface area contributed by atoms with Crippen molar-refractivity contribution in [1.29, 1.82) is 0 Å². The molecule has 1 atom stereocenters. The normalized spacial score (nSPS) is 23.8. The summed E-state index contributed by atoms with van der Waals surface area (Å²) in [6.07, 6.45) is 8.70. The van der Waals surface area contributed by atoms with E-state index in [1.807, 2.05) is 46.3 Å². The monoisotopic (exact) mass is 559 g/mol. The second-order valence-corrected chi connectivity index (χ2v) is 12.5. The number of nitrogens with one attached hydrogen (secondary N) is 1. The van der Waals surface area contributed by atoms with Crippen molar-refractivity contribution >= 4 is 5.91 Å². The van der Waals surface area contributed by atoms with Gasteiger partial charge >= 0.3 is 0 Å². The number of hydrogen-bond acceptors (Lipinski definition) is 6. The molecule has 1 saturated carbocycles. The van der Waals surface area contributed by atoms with E-state index in [1.165, 1.54) is 0 Å². The van der Waals surface area contributed by atoms with Crippen LogP contribution in [0.3, 0.4) is 0 Å². The fourth-order valence-electron chi connectivity index (χ4n) is 7.14. The second kappa shape index (κ2) is 10.0. The molecule has 9 heteroatoms. The van der Waals surface area contributed by atoms with Crippen molar-refractivity contribution < 1.29 is 14.3 Å². The molecule has 0 unspecified atom stereocenters. The van der Waals surface area contributed by atoms with Crippen LogP contribution >= 0.6 is 0 Å². The molecule has 0 saturated heterocycles. The number of ether oxygens (including phenoxy) is 2. The molecule has 0 radical (unpaired) electrons. The summed E-state index contributed by atoms with van der Waals surface area (Å²) in [6.45, 7) is 8.60. The van der Waals surface area contributed by atoms with Crippen LogP contribution in [0.25, 0.3) is 11.1 Å². The Kier molecular flexibility index (Phi) is 6.76. The van der Waals surface area contributed by atoms with Crippen molar-refractivity contribution in [2.75, 3.05) is 20.6 Å². The highest BCUT2D eigenvalue weighted by Gasteiger charge is 2.49. The van der Waals surface area contributed by atoms with E-state index in [9.17, 15) is 9.59 Å². The molecule has 1 N–H and O–H groups in total. The third-order valence-electron chi connectivity index (χ3n) is 9.50. The van der Waals surface area contributed by atoms with Crippen LogP contribution in [0.15, 0.2) is 23.3 Å². The van der Waals surface area contributed by atoms with Crippen LogP contribution in [0.2, 0.25) is 0 Å². The van der Waals surface area contributed by atoms with Crippen LogP contribution in [0, 0.1) is 26.7 Å². The molecule has 0 bridgehead atoms. The van der Waals surface area contributed by atoms with Gasteiger partial charge in [-0.25, -0.2) is 0 Å². The van der Waals surface area contributed by atoms with Gasteiger partial charge in [-0.05, 0) is 84.2 Å². The number of nitrogens with zero attached hydrogens (tertiary/aromatic N) is 4. The van der Waals surface area contributed by atoms with Gasteiger partial charge in [-0.1, -0.05) is 0 Å². The topological polar surface area (TPSA) is 92.7 Å². The smallest absolute Gasteiger partial charge is 0.254 e. The van der Waals surface area contributed by atoms with Crippen molar-refractivity contribution in [2.24, 2.45) is 13.0 Å². The Morgan fingerprint density at radius 1 is 1.07 bits per heavy atom. The lowest BCUT2D eigenvalue weighted by Gasteiger charge is -2.39. The number of carbonyl (C=O) groups excluding carboxylic acids is 1. The lowest BCUT2D eigenvalue weighted by molar-refractivity contribution is -0.123. The Labute approximate surface area is 241 Å². The van der Waals surface area contributed by atoms with Crippen molar-refractivity contribution in [3.63, 3.8) is 0 Å². The Hall–Kier alpha value is -3.59. The second-order valence-electron chi connectivity index (χ2n) is 12.5. The predicted octanol–water partition coefficient (Wildman–Crippen LogP) is 4.51. The fraction of sp³-hybridized carbons (Fsp3) is 0.531. The molecule has 4 heterocycles. The number of pyridine rings is 1. The third kappa shape index (κ3) is 4.64. The van der Waals surface area contributed by atoms with Crippen LogP contribution in [-0.2, 0) is 20.0 Å². The number of aryl methyl sites for hydroxylation is 3. The first-order chi connectivity index (χ1) is 19.5. The summed E-state index contributed by atoms with van der Waals surface area (Å²) in [5, 5.41) is 4.44. The highest BCUT2D eigenvalue weighted by Crippen LogP contribution is 2.55.